The molecule has 0 atom stereocenters. The molecule has 1 aromatic rings. The Balaban J connectivity index is 2.33. The molecule has 1 heterocycles. The van der Waals surface area contributed by atoms with Crippen molar-refractivity contribution in [2.75, 3.05) is 0 Å². The summed E-state index contributed by atoms with van der Waals surface area (Å²) in [4.78, 5) is 1.43. The molecule has 1 aliphatic rings. The second-order valence-electron chi connectivity index (χ2n) is 3.48. The van der Waals surface area contributed by atoms with Crippen molar-refractivity contribution < 1.29 is 0 Å². The van der Waals surface area contributed by atoms with Crippen molar-refractivity contribution in [2.45, 2.75) is 20.3 Å². The summed E-state index contributed by atoms with van der Waals surface area (Å²) in [5, 5.41) is 0. The van der Waals surface area contributed by atoms with Crippen LogP contribution in [0.2, 0.25) is 4.34 Å². The third-order valence-corrected chi connectivity index (χ3v) is 3.54. The van der Waals surface area contributed by atoms with E-state index < -0.39 is 0 Å². The summed E-state index contributed by atoms with van der Waals surface area (Å²) < 4.78 is 0.916. The Morgan fingerprint density at radius 3 is 2.83 bits per heavy atom. The number of thiophene rings is 1. The van der Waals surface area contributed by atoms with Gasteiger partial charge < -0.3 is 0 Å². The molecule has 0 nitrogen and oxygen atoms in total. The van der Waals surface area contributed by atoms with Gasteiger partial charge in [-0.15, -0.1) is 11.3 Å². The maximum absolute atomic E-state index is 5.89. The van der Waals surface area contributed by atoms with E-state index in [1.165, 1.54) is 16.0 Å². The van der Waals surface area contributed by atoms with Gasteiger partial charge in [-0.1, -0.05) is 37.1 Å². The van der Waals surface area contributed by atoms with Crippen molar-refractivity contribution >= 4 is 29.0 Å². The molecule has 0 fully saturated rings. The second-order valence-corrected chi connectivity index (χ2v) is 5.25. The lowest BCUT2D eigenvalue weighted by atomic mass is 10.0. The fourth-order valence-corrected chi connectivity index (χ4v) is 2.77. The van der Waals surface area contributed by atoms with Crippen LogP contribution in [-0.2, 0) is 6.42 Å². The number of hydrogen-bond acceptors (Lipinski definition) is 1. The van der Waals surface area contributed by atoms with Crippen LogP contribution in [0.15, 0.2) is 11.6 Å². The number of rotatable bonds is 1. The first-order valence-corrected chi connectivity index (χ1v) is 5.35. The van der Waals surface area contributed by atoms with Gasteiger partial charge in [0.25, 0.3) is 0 Å². The molecule has 2 rings (SSSR count). The van der Waals surface area contributed by atoms with Crippen LogP contribution < -0.4 is 0 Å². The van der Waals surface area contributed by atoms with Crippen LogP contribution in [0.4, 0.5) is 0 Å². The molecule has 0 saturated heterocycles. The first kappa shape index (κ1) is 8.33. The van der Waals surface area contributed by atoms with Crippen LogP contribution >= 0.6 is 22.9 Å². The van der Waals surface area contributed by atoms with Gasteiger partial charge in [0.2, 0.25) is 0 Å². The summed E-state index contributed by atoms with van der Waals surface area (Å²) in [5.41, 5.74) is 2.88. The molecule has 2 heteroatoms. The molecular weight excluding hydrogens is 188 g/mol. The molecule has 0 bridgehead atoms. The van der Waals surface area contributed by atoms with Crippen LogP contribution in [0.25, 0.3) is 6.08 Å². The fraction of sp³-hybridized carbons (Fsp3) is 0.400. The number of allylic oxidation sites excluding steroid dienone is 1. The summed E-state index contributed by atoms with van der Waals surface area (Å²) in [6.45, 7) is 4.48. The van der Waals surface area contributed by atoms with Gasteiger partial charge in [0.1, 0.15) is 0 Å². The highest BCUT2D eigenvalue weighted by Gasteiger charge is 2.17. The van der Waals surface area contributed by atoms with Crippen molar-refractivity contribution in [2.24, 2.45) is 5.92 Å². The molecule has 64 valence electrons. The van der Waals surface area contributed by atoms with E-state index in [1.807, 2.05) is 0 Å². The lowest BCUT2D eigenvalue weighted by Crippen LogP contribution is -1.91. The van der Waals surface area contributed by atoms with E-state index in [0.717, 1.165) is 10.8 Å². The molecule has 0 saturated carbocycles. The number of hydrogen-bond donors (Lipinski definition) is 0. The van der Waals surface area contributed by atoms with Gasteiger partial charge in [-0.3, -0.25) is 0 Å². The van der Waals surface area contributed by atoms with Crippen molar-refractivity contribution in [1.29, 1.82) is 0 Å². The highest BCUT2D eigenvalue weighted by Crippen LogP contribution is 2.37. The second kappa shape index (κ2) is 2.90. The zero-order chi connectivity index (χ0) is 8.72. The molecule has 12 heavy (non-hydrogen) atoms. The maximum Gasteiger partial charge on any atom is 0.0937 e. The number of halogens is 1. The van der Waals surface area contributed by atoms with E-state index >= 15 is 0 Å². The van der Waals surface area contributed by atoms with E-state index in [0.29, 0.717) is 5.92 Å². The van der Waals surface area contributed by atoms with Crippen molar-refractivity contribution in [3.63, 3.8) is 0 Å². The largest absolute Gasteiger partial charge is 0.127 e. The van der Waals surface area contributed by atoms with Gasteiger partial charge in [0.05, 0.1) is 4.34 Å². The van der Waals surface area contributed by atoms with E-state index in [2.05, 4.69) is 26.0 Å². The Kier molecular flexibility index (Phi) is 2.01. The van der Waals surface area contributed by atoms with E-state index in [9.17, 15) is 0 Å². The summed E-state index contributed by atoms with van der Waals surface area (Å²) in [7, 11) is 0. The maximum atomic E-state index is 5.89. The van der Waals surface area contributed by atoms with Crippen LogP contribution in [-0.4, -0.2) is 0 Å². The topological polar surface area (TPSA) is 0 Å². The summed E-state index contributed by atoms with van der Waals surface area (Å²) in [6, 6.07) is 2.07. The molecule has 0 amide bonds. The SMILES string of the molecule is CC(C)C1=Cc2cc(Cl)sc2C1. The molecule has 0 unspecified atom stereocenters. The fourth-order valence-electron chi connectivity index (χ4n) is 1.48. The third-order valence-electron chi connectivity index (χ3n) is 2.26. The Morgan fingerprint density at radius 1 is 1.50 bits per heavy atom. The Hall–Kier alpha value is -0.270. The quantitative estimate of drug-likeness (QED) is 0.640. The highest BCUT2D eigenvalue weighted by molar-refractivity contribution is 7.16. The molecule has 0 N–H and O–H groups in total. The van der Waals surface area contributed by atoms with Crippen molar-refractivity contribution in [1.82, 2.24) is 0 Å². The predicted octanol–water partition coefficient (Wildman–Crippen LogP) is 4.00. The van der Waals surface area contributed by atoms with Gasteiger partial charge in [0, 0.05) is 11.3 Å². The van der Waals surface area contributed by atoms with Gasteiger partial charge in [0.15, 0.2) is 0 Å². The monoisotopic (exact) mass is 198 g/mol. The summed E-state index contributed by atoms with van der Waals surface area (Å²) >= 11 is 7.61. The lowest BCUT2D eigenvalue weighted by molar-refractivity contribution is 0.757. The minimum Gasteiger partial charge on any atom is -0.127 e. The average molecular weight is 199 g/mol. The van der Waals surface area contributed by atoms with E-state index in [-0.39, 0.29) is 0 Å². The first-order chi connectivity index (χ1) is 5.66. The van der Waals surface area contributed by atoms with Gasteiger partial charge in [-0.25, -0.2) is 0 Å². The third kappa shape index (κ3) is 1.32. The van der Waals surface area contributed by atoms with E-state index in [4.69, 9.17) is 11.6 Å². The normalized spacial score (nSPS) is 15.2. The van der Waals surface area contributed by atoms with Crippen LogP contribution in [0, 0.1) is 5.92 Å². The van der Waals surface area contributed by atoms with E-state index in [1.54, 1.807) is 11.3 Å². The zero-order valence-electron chi connectivity index (χ0n) is 7.23. The van der Waals surface area contributed by atoms with Crippen LogP contribution in [0.3, 0.4) is 0 Å². The molecule has 1 aromatic heterocycles. The zero-order valence-corrected chi connectivity index (χ0v) is 8.80. The minimum atomic E-state index is 0.670. The van der Waals surface area contributed by atoms with Crippen LogP contribution in [0.1, 0.15) is 24.3 Å². The molecule has 1 aliphatic carbocycles. The van der Waals surface area contributed by atoms with Crippen molar-refractivity contribution in [3.8, 4) is 0 Å². The average Bonchev–Trinajstić information content (AvgIpc) is 2.42. The molecule has 0 aromatic carbocycles. The molecule has 0 radical (unpaired) electrons. The first-order valence-electron chi connectivity index (χ1n) is 4.15. The minimum absolute atomic E-state index is 0.670. The Bertz CT molecular complexity index is 334. The molecule has 0 spiro atoms. The Labute approximate surface area is 81.9 Å². The smallest absolute Gasteiger partial charge is 0.0937 e. The summed E-state index contributed by atoms with van der Waals surface area (Å²) in [6.07, 6.45) is 3.40. The Morgan fingerprint density at radius 2 is 2.25 bits per heavy atom. The lowest BCUT2D eigenvalue weighted by Gasteiger charge is -2.03. The van der Waals surface area contributed by atoms with Gasteiger partial charge in [-0.05, 0) is 17.5 Å². The standard InChI is InChI=1S/C10H11ClS/c1-6(2)7-3-8-5-10(11)12-9(8)4-7/h3,5-6H,4H2,1-2H3. The van der Waals surface area contributed by atoms with Crippen LogP contribution in [0.5, 0.6) is 0 Å². The van der Waals surface area contributed by atoms with Crippen molar-refractivity contribution in [3.05, 3.63) is 26.4 Å². The predicted molar refractivity (Wildman–Crippen MR) is 55.8 cm³/mol. The summed E-state index contributed by atoms with van der Waals surface area (Å²) in [5.74, 6) is 0.670. The molecule has 0 aliphatic heterocycles. The van der Waals surface area contributed by atoms with Gasteiger partial charge in [-0.2, -0.15) is 0 Å². The van der Waals surface area contributed by atoms with Gasteiger partial charge >= 0.3 is 0 Å². The highest BCUT2D eigenvalue weighted by atomic mass is 35.5. The molecular formula is C10H11ClS. The number of fused-ring (bicyclic) bond motifs is 1.